The maximum Gasteiger partial charge on any atom is 0.106 e. The number of rotatable bonds is 3. The zero-order valence-electron chi connectivity index (χ0n) is 12.0. The Kier molecular flexibility index (Phi) is 2.87. The van der Waals surface area contributed by atoms with Crippen LogP contribution in [0.5, 0.6) is 0 Å². The van der Waals surface area contributed by atoms with Gasteiger partial charge < -0.3 is 10.2 Å². The van der Waals surface area contributed by atoms with Gasteiger partial charge in [-0.25, -0.2) is 0 Å². The highest BCUT2D eigenvalue weighted by molar-refractivity contribution is 5.95. The second-order valence-corrected chi connectivity index (χ2v) is 7.51. The van der Waals surface area contributed by atoms with Gasteiger partial charge in [-0.05, 0) is 75.7 Å². The van der Waals surface area contributed by atoms with Crippen LogP contribution in [-0.2, 0) is 4.84 Å². The van der Waals surface area contributed by atoms with Gasteiger partial charge in [-0.15, -0.1) is 0 Å². The molecule has 106 valence electrons. The molecule has 1 atom stereocenters. The second kappa shape index (κ2) is 4.47. The van der Waals surface area contributed by atoms with Gasteiger partial charge >= 0.3 is 0 Å². The average Bonchev–Trinajstić information content (AvgIpc) is 2.87. The first kappa shape index (κ1) is 12.2. The van der Waals surface area contributed by atoms with E-state index in [1.54, 1.807) is 7.11 Å². The Labute approximate surface area is 116 Å². The van der Waals surface area contributed by atoms with Gasteiger partial charge in [0.15, 0.2) is 0 Å². The Morgan fingerprint density at radius 3 is 2.21 bits per heavy atom. The van der Waals surface area contributed by atoms with E-state index in [1.165, 1.54) is 57.1 Å². The van der Waals surface area contributed by atoms with Crippen LogP contribution >= 0.6 is 0 Å². The molecule has 5 rings (SSSR count). The van der Waals surface area contributed by atoms with E-state index in [2.05, 4.69) is 10.5 Å². The molecule has 1 aliphatic heterocycles. The summed E-state index contributed by atoms with van der Waals surface area (Å²) < 4.78 is 0. The van der Waals surface area contributed by atoms with Crippen molar-refractivity contribution in [3.8, 4) is 0 Å². The van der Waals surface area contributed by atoms with Crippen LogP contribution in [0.15, 0.2) is 5.16 Å². The minimum absolute atomic E-state index is 0.396. The molecule has 0 aromatic carbocycles. The van der Waals surface area contributed by atoms with E-state index in [9.17, 15) is 0 Å². The number of hydrogen-bond donors (Lipinski definition) is 1. The SMILES string of the molecule is CO/N=C(/C1CCCN1)C12CC3CC(CC(C3)C1)C2. The van der Waals surface area contributed by atoms with E-state index in [0.29, 0.717) is 11.5 Å². The summed E-state index contributed by atoms with van der Waals surface area (Å²) in [6, 6.07) is 0.496. The Morgan fingerprint density at radius 1 is 1.11 bits per heavy atom. The minimum Gasteiger partial charge on any atom is -0.399 e. The number of oxime groups is 1. The average molecular weight is 262 g/mol. The van der Waals surface area contributed by atoms with E-state index in [1.807, 2.05) is 0 Å². The van der Waals surface area contributed by atoms with E-state index in [0.717, 1.165) is 24.3 Å². The quantitative estimate of drug-likeness (QED) is 0.626. The smallest absolute Gasteiger partial charge is 0.106 e. The number of nitrogens with one attached hydrogen (secondary N) is 1. The summed E-state index contributed by atoms with van der Waals surface area (Å²) in [5.41, 5.74) is 1.78. The molecule has 1 N–H and O–H groups in total. The molecule has 0 aromatic heterocycles. The van der Waals surface area contributed by atoms with Crippen LogP contribution < -0.4 is 5.32 Å². The van der Waals surface area contributed by atoms with Crippen molar-refractivity contribution in [2.45, 2.75) is 57.4 Å². The first-order valence-electron chi connectivity index (χ1n) is 8.14. The normalized spacial score (nSPS) is 48.8. The van der Waals surface area contributed by atoms with Gasteiger partial charge in [-0.2, -0.15) is 0 Å². The lowest BCUT2D eigenvalue weighted by Crippen LogP contribution is -2.54. The lowest BCUT2D eigenvalue weighted by atomic mass is 9.48. The lowest BCUT2D eigenvalue weighted by molar-refractivity contribution is -0.0160. The fourth-order valence-electron chi connectivity index (χ4n) is 5.97. The Bertz CT molecular complexity index is 349. The third-order valence-electron chi connectivity index (χ3n) is 6.16. The molecule has 1 unspecified atom stereocenters. The van der Waals surface area contributed by atoms with Gasteiger partial charge in [0.05, 0.1) is 5.71 Å². The van der Waals surface area contributed by atoms with E-state index in [-0.39, 0.29) is 0 Å². The molecule has 5 aliphatic rings. The first-order chi connectivity index (χ1) is 9.29. The van der Waals surface area contributed by atoms with Crippen molar-refractivity contribution in [2.24, 2.45) is 28.3 Å². The predicted octanol–water partition coefficient (Wildman–Crippen LogP) is 2.96. The van der Waals surface area contributed by atoms with Crippen LogP contribution in [0.1, 0.15) is 51.4 Å². The fraction of sp³-hybridized carbons (Fsp3) is 0.938. The largest absolute Gasteiger partial charge is 0.399 e. The zero-order valence-corrected chi connectivity index (χ0v) is 12.0. The molecule has 3 heteroatoms. The third-order valence-corrected chi connectivity index (χ3v) is 6.16. The van der Waals surface area contributed by atoms with Crippen molar-refractivity contribution in [1.29, 1.82) is 0 Å². The molecule has 4 saturated carbocycles. The molecule has 0 spiro atoms. The molecular formula is C16H26N2O. The molecule has 3 nitrogen and oxygen atoms in total. The van der Waals surface area contributed by atoms with Crippen molar-refractivity contribution in [3.05, 3.63) is 0 Å². The maximum atomic E-state index is 5.25. The van der Waals surface area contributed by atoms with E-state index < -0.39 is 0 Å². The minimum atomic E-state index is 0.396. The summed E-state index contributed by atoms with van der Waals surface area (Å²) in [5, 5.41) is 8.21. The third kappa shape index (κ3) is 1.93. The molecule has 4 bridgehead atoms. The van der Waals surface area contributed by atoms with Crippen LogP contribution in [0.4, 0.5) is 0 Å². The summed E-state index contributed by atoms with van der Waals surface area (Å²) in [6.07, 6.45) is 11.2. The Morgan fingerprint density at radius 2 is 1.74 bits per heavy atom. The van der Waals surface area contributed by atoms with Crippen LogP contribution in [0, 0.1) is 23.2 Å². The van der Waals surface area contributed by atoms with Gasteiger partial charge in [0.1, 0.15) is 7.11 Å². The molecule has 0 amide bonds. The van der Waals surface area contributed by atoms with Crippen molar-refractivity contribution in [3.63, 3.8) is 0 Å². The molecule has 1 saturated heterocycles. The van der Waals surface area contributed by atoms with Gasteiger partial charge in [-0.3, -0.25) is 0 Å². The van der Waals surface area contributed by atoms with E-state index in [4.69, 9.17) is 4.84 Å². The van der Waals surface area contributed by atoms with Crippen LogP contribution in [0.3, 0.4) is 0 Å². The molecular weight excluding hydrogens is 236 g/mol. The lowest BCUT2D eigenvalue weighted by Gasteiger charge is -2.57. The van der Waals surface area contributed by atoms with Crippen LogP contribution in [0.2, 0.25) is 0 Å². The summed E-state index contributed by atoms with van der Waals surface area (Å²) in [6.45, 7) is 1.15. The van der Waals surface area contributed by atoms with Gasteiger partial charge in [0.25, 0.3) is 0 Å². The Hall–Kier alpha value is -0.570. The summed E-state index contributed by atoms with van der Waals surface area (Å²) in [5.74, 6) is 2.94. The van der Waals surface area contributed by atoms with Gasteiger partial charge in [0.2, 0.25) is 0 Å². The summed E-state index contributed by atoms with van der Waals surface area (Å²) >= 11 is 0. The highest BCUT2D eigenvalue weighted by Gasteiger charge is 2.54. The van der Waals surface area contributed by atoms with Crippen LogP contribution in [-0.4, -0.2) is 25.4 Å². The van der Waals surface area contributed by atoms with Gasteiger partial charge in [-0.1, -0.05) is 5.16 Å². The van der Waals surface area contributed by atoms with Crippen molar-refractivity contribution in [1.82, 2.24) is 5.32 Å². The fourth-order valence-corrected chi connectivity index (χ4v) is 5.97. The van der Waals surface area contributed by atoms with Crippen LogP contribution in [0.25, 0.3) is 0 Å². The highest BCUT2D eigenvalue weighted by atomic mass is 16.6. The predicted molar refractivity (Wildman–Crippen MR) is 76.1 cm³/mol. The molecule has 0 aromatic rings. The second-order valence-electron chi connectivity index (χ2n) is 7.51. The molecule has 5 fully saturated rings. The maximum absolute atomic E-state index is 5.25. The first-order valence-corrected chi connectivity index (χ1v) is 8.14. The number of nitrogens with zero attached hydrogens (tertiary/aromatic N) is 1. The van der Waals surface area contributed by atoms with Gasteiger partial charge in [0, 0.05) is 11.5 Å². The zero-order chi connectivity index (χ0) is 12.9. The van der Waals surface area contributed by atoms with E-state index >= 15 is 0 Å². The monoisotopic (exact) mass is 262 g/mol. The molecule has 1 heterocycles. The van der Waals surface area contributed by atoms with Crippen molar-refractivity contribution < 1.29 is 4.84 Å². The molecule has 0 radical (unpaired) electrons. The van der Waals surface area contributed by atoms with Crippen molar-refractivity contribution >= 4 is 5.71 Å². The highest BCUT2D eigenvalue weighted by Crippen LogP contribution is 2.61. The van der Waals surface area contributed by atoms with Crippen molar-refractivity contribution in [2.75, 3.05) is 13.7 Å². The summed E-state index contributed by atoms with van der Waals surface area (Å²) in [7, 11) is 1.72. The molecule has 19 heavy (non-hydrogen) atoms. The number of hydrogen-bond acceptors (Lipinski definition) is 3. The topological polar surface area (TPSA) is 33.6 Å². The Balaban J connectivity index is 1.66. The standard InChI is InChI=1S/C16H26N2O/c1-19-18-15(14-3-2-4-17-14)16-8-11-5-12(9-16)7-13(6-11)10-16/h11-14,17H,2-10H2,1H3/b18-15-. The molecule has 4 aliphatic carbocycles. The summed E-state index contributed by atoms with van der Waals surface area (Å²) in [4.78, 5) is 5.25.